The highest BCUT2D eigenvalue weighted by atomic mass is 16.2. The zero-order chi connectivity index (χ0) is 15.9. The molecule has 5 nitrogen and oxygen atoms in total. The summed E-state index contributed by atoms with van der Waals surface area (Å²) in [6.07, 6.45) is 3.76. The van der Waals surface area contributed by atoms with E-state index in [2.05, 4.69) is 31.4 Å². The zero-order valence-corrected chi connectivity index (χ0v) is 14.0. The Balaban J connectivity index is 2.23. The predicted molar refractivity (Wildman–Crippen MR) is 85.0 cm³/mol. The average Bonchev–Trinajstić information content (AvgIpc) is 2.38. The van der Waals surface area contributed by atoms with Crippen LogP contribution in [0.3, 0.4) is 0 Å². The summed E-state index contributed by atoms with van der Waals surface area (Å²) >= 11 is 0. The van der Waals surface area contributed by atoms with Gasteiger partial charge < -0.3 is 15.5 Å². The number of hydrogen-bond donors (Lipinski definition) is 2. The van der Waals surface area contributed by atoms with Crippen LogP contribution >= 0.6 is 0 Å². The summed E-state index contributed by atoms with van der Waals surface area (Å²) in [7, 11) is 0. The van der Waals surface area contributed by atoms with Gasteiger partial charge in [0.2, 0.25) is 11.8 Å². The SMILES string of the molecule is CCCC(=O)NC1CCN(C(=O)CCNC(C)(C)C)CC1. The molecule has 0 aromatic rings. The Morgan fingerprint density at radius 1 is 1.14 bits per heavy atom. The molecule has 21 heavy (non-hydrogen) atoms. The van der Waals surface area contributed by atoms with E-state index in [4.69, 9.17) is 0 Å². The van der Waals surface area contributed by atoms with Crippen molar-refractivity contribution in [1.82, 2.24) is 15.5 Å². The van der Waals surface area contributed by atoms with Crippen LogP contribution in [-0.2, 0) is 9.59 Å². The second-order valence-electron chi connectivity index (χ2n) is 6.90. The van der Waals surface area contributed by atoms with E-state index in [0.29, 0.717) is 12.8 Å². The number of nitrogens with one attached hydrogen (secondary N) is 2. The number of piperidine rings is 1. The molecule has 1 aliphatic rings. The van der Waals surface area contributed by atoms with E-state index < -0.39 is 0 Å². The minimum absolute atomic E-state index is 0.0524. The molecule has 2 amide bonds. The lowest BCUT2D eigenvalue weighted by atomic mass is 10.0. The van der Waals surface area contributed by atoms with Crippen molar-refractivity contribution in [2.45, 2.75) is 71.4 Å². The van der Waals surface area contributed by atoms with Gasteiger partial charge >= 0.3 is 0 Å². The van der Waals surface area contributed by atoms with Crippen molar-refractivity contribution < 1.29 is 9.59 Å². The molecule has 0 bridgehead atoms. The fourth-order valence-corrected chi connectivity index (χ4v) is 2.50. The fourth-order valence-electron chi connectivity index (χ4n) is 2.50. The van der Waals surface area contributed by atoms with Gasteiger partial charge in [0.05, 0.1) is 0 Å². The standard InChI is InChI=1S/C16H31N3O2/c1-5-6-14(20)18-13-8-11-19(12-9-13)15(21)7-10-17-16(2,3)4/h13,17H,5-12H2,1-4H3,(H,18,20). The Bertz CT molecular complexity index is 342. The normalized spacial score (nSPS) is 16.9. The molecule has 5 heteroatoms. The molecule has 122 valence electrons. The maximum absolute atomic E-state index is 12.1. The molecule has 0 aliphatic carbocycles. The van der Waals surface area contributed by atoms with E-state index in [-0.39, 0.29) is 23.4 Å². The summed E-state index contributed by atoms with van der Waals surface area (Å²) < 4.78 is 0. The monoisotopic (exact) mass is 297 g/mol. The van der Waals surface area contributed by atoms with Crippen LogP contribution in [0.2, 0.25) is 0 Å². The van der Waals surface area contributed by atoms with Crippen LogP contribution in [0, 0.1) is 0 Å². The zero-order valence-electron chi connectivity index (χ0n) is 14.0. The van der Waals surface area contributed by atoms with Gasteiger partial charge in [0.1, 0.15) is 0 Å². The number of amides is 2. The van der Waals surface area contributed by atoms with Crippen LogP contribution in [0.25, 0.3) is 0 Å². The summed E-state index contributed by atoms with van der Waals surface area (Å²) in [5.74, 6) is 0.349. The third-order valence-corrected chi connectivity index (χ3v) is 3.68. The maximum Gasteiger partial charge on any atom is 0.223 e. The van der Waals surface area contributed by atoms with Crippen LogP contribution in [0.4, 0.5) is 0 Å². The molecule has 2 N–H and O–H groups in total. The van der Waals surface area contributed by atoms with Crippen LogP contribution in [-0.4, -0.2) is 47.9 Å². The van der Waals surface area contributed by atoms with Gasteiger partial charge in [-0.2, -0.15) is 0 Å². The molecule has 0 saturated carbocycles. The third kappa shape index (κ3) is 7.46. The highest BCUT2D eigenvalue weighted by Crippen LogP contribution is 2.12. The Morgan fingerprint density at radius 3 is 2.29 bits per heavy atom. The molecule has 0 aromatic heterocycles. The number of hydrogen-bond acceptors (Lipinski definition) is 3. The van der Waals surface area contributed by atoms with Gasteiger partial charge in [0.15, 0.2) is 0 Å². The fraction of sp³-hybridized carbons (Fsp3) is 0.875. The molecular weight excluding hydrogens is 266 g/mol. The topological polar surface area (TPSA) is 61.4 Å². The summed E-state index contributed by atoms with van der Waals surface area (Å²) in [5, 5.41) is 6.39. The van der Waals surface area contributed by atoms with Gasteiger partial charge in [-0.1, -0.05) is 6.92 Å². The number of likely N-dealkylation sites (tertiary alicyclic amines) is 1. The number of rotatable bonds is 6. The molecule has 0 unspecified atom stereocenters. The van der Waals surface area contributed by atoms with Crippen molar-refractivity contribution in [3.8, 4) is 0 Å². The summed E-state index contributed by atoms with van der Waals surface area (Å²) in [4.78, 5) is 25.6. The largest absolute Gasteiger partial charge is 0.353 e. The van der Waals surface area contributed by atoms with Crippen molar-refractivity contribution in [2.75, 3.05) is 19.6 Å². The van der Waals surface area contributed by atoms with E-state index in [1.807, 2.05) is 11.8 Å². The Kier molecular flexibility index (Phi) is 7.15. The van der Waals surface area contributed by atoms with E-state index >= 15 is 0 Å². The smallest absolute Gasteiger partial charge is 0.223 e. The number of nitrogens with zero attached hydrogens (tertiary/aromatic N) is 1. The Hall–Kier alpha value is -1.10. The van der Waals surface area contributed by atoms with Gasteiger partial charge in [0, 0.05) is 44.1 Å². The van der Waals surface area contributed by atoms with Crippen LogP contribution in [0.1, 0.15) is 59.8 Å². The van der Waals surface area contributed by atoms with Crippen LogP contribution < -0.4 is 10.6 Å². The first-order chi connectivity index (χ1) is 9.81. The van der Waals surface area contributed by atoms with Gasteiger partial charge in [0.25, 0.3) is 0 Å². The van der Waals surface area contributed by atoms with Gasteiger partial charge in [-0.25, -0.2) is 0 Å². The summed E-state index contributed by atoms with van der Waals surface area (Å²) in [6, 6.07) is 0.237. The van der Waals surface area contributed by atoms with E-state index in [1.54, 1.807) is 0 Å². The van der Waals surface area contributed by atoms with Crippen molar-refractivity contribution in [2.24, 2.45) is 0 Å². The molecule has 1 saturated heterocycles. The molecule has 1 heterocycles. The average molecular weight is 297 g/mol. The van der Waals surface area contributed by atoms with Crippen LogP contribution in [0.5, 0.6) is 0 Å². The van der Waals surface area contributed by atoms with Crippen molar-refractivity contribution in [3.63, 3.8) is 0 Å². The second-order valence-corrected chi connectivity index (χ2v) is 6.90. The highest BCUT2D eigenvalue weighted by molar-refractivity contribution is 5.77. The number of carbonyl (C=O) groups excluding carboxylic acids is 2. The molecule has 0 spiro atoms. The first kappa shape index (κ1) is 18.0. The highest BCUT2D eigenvalue weighted by Gasteiger charge is 2.23. The van der Waals surface area contributed by atoms with Crippen molar-refractivity contribution in [3.05, 3.63) is 0 Å². The summed E-state index contributed by atoms with van der Waals surface area (Å²) in [5.41, 5.74) is 0.0524. The predicted octanol–water partition coefficient (Wildman–Crippen LogP) is 1.67. The number of carbonyl (C=O) groups is 2. The first-order valence-corrected chi connectivity index (χ1v) is 8.14. The minimum Gasteiger partial charge on any atom is -0.353 e. The second kappa shape index (κ2) is 8.37. The maximum atomic E-state index is 12.1. The van der Waals surface area contributed by atoms with Gasteiger partial charge in [-0.3, -0.25) is 9.59 Å². The molecule has 0 aromatic carbocycles. The molecule has 1 rings (SSSR count). The molecular formula is C16H31N3O2. The van der Waals surface area contributed by atoms with Gasteiger partial charge in [-0.05, 0) is 40.0 Å². The van der Waals surface area contributed by atoms with E-state index in [1.165, 1.54) is 0 Å². The van der Waals surface area contributed by atoms with E-state index in [0.717, 1.165) is 38.9 Å². The Morgan fingerprint density at radius 2 is 1.76 bits per heavy atom. The van der Waals surface area contributed by atoms with Crippen LogP contribution in [0.15, 0.2) is 0 Å². The van der Waals surface area contributed by atoms with Gasteiger partial charge in [-0.15, -0.1) is 0 Å². The lowest BCUT2D eigenvalue weighted by Crippen LogP contribution is -2.47. The molecule has 1 aliphatic heterocycles. The first-order valence-electron chi connectivity index (χ1n) is 8.14. The molecule has 0 radical (unpaired) electrons. The molecule has 0 atom stereocenters. The van der Waals surface area contributed by atoms with E-state index in [9.17, 15) is 9.59 Å². The molecule has 1 fully saturated rings. The Labute approximate surface area is 128 Å². The van der Waals surface area contributed by atoms with Crippen molar-refractivity contribution >= 4 is 11.8 Å². The lowest BCUT2D eigenvalue weighted by molar-refractivity contribution is -0.132. The third-order valence-electron chi connectivity index (χ3n) is 3.68. The summed E-state index contributed by atoms with van der Waals surface area (Å²) in [6.45, 7) is 10.5. The minimum atomic E-state index is 0.0524. The quantitative estimate of drug-likeness (QED) is 0.784. The van der Waals surface area contributed by atoms with Crippen molar-refractivity contribution in [1.29, 1.82) is 0 Å². The lowest BCUT2D eigenvalue weighted by Gasteiger charge is -2.32.